The molecule has 0 aromatic heterocycles. The molecule has 10 heteroatoms. The molecule has 16 heavy (non-hydrogen) atoms. The normalized spacial score (nSPS) is 10.9. The first-order chi connectivity index (χ1) is 5.97. The second-order valence-corrected chi connectivity index (χ2v) is 7.42. The monoisotopic (exact) mass is 304 g/mol. The summed E-state index contributed by atoms with van der Waals surface area (Å²) < 4.78 is 0. The van der Waals surface area contributed by atoms with Gasteiger partial charge in [-0.05, 0) is 0 Å². The van der Waals surface area contributed by atoms with E-state index in [-0.39, 0.29) is 28.7 Å². The molecule has 0 rings (SSSR count). The minimum absolute atomic E-state index is 0. The summed E-state index contributed by atoms with van der Waals surface area (Å²) in [4.78, 5) is 6.19. The van der Waals surface area contributed by atoms with E-state index in [1.807, 2.05) is 0 Å². The third kappa shape index (κ3) is 1.82. The van der Waals surface area contributed by atoms with Crippen molar-refractivity contribution in [3.8, 4) is 29.8 Å². The van der Waals surface area contributed by atoms with Crippen LogP contribution in [-0.2, 0) is 27.8 Å². The van der Waals surface area contributed by atoms with Gasteiger partial charge in [-0.25, -0.2) is 0 Å². The van der Waals surface area contributed by atoms with Crippen molar-refractivity contribution < 1.29 is 33.3 Å². The zero-order valence-electron chi connectivity index (χ0n) is 7.89. The fourth-order valence-corrected chi connectivity index (χ4v) is 1.09. The molecule has 0 heterocycles. The largest absolute Gasteiger partial charge is 3.00 e. The summed E-state index contributed by atoms with van der Waals surface area (Å²) in [5, 5.41) is 51.5. The maximum atomic E-state index is 8.58. The van der Waals surface area contributed by atoms with Gasteiger partial charge in [-0.1, -0.05) is 0 Å². The number of nitrogens with zero attached hydrogens (tertiary/aromatic N) is 6. The van der Waals surface area contributed by atoms with Crippen LogP contribution in [0.3, 0.4) is 0 Å². The number of nitriles is 6. The van der Waals surface area contributed by atoms with E-state index in [4.69, 9.17) is 31.6 Å². The SMILES string of the molecule is N#[C][Fe-4]([C]#N)([C]#N)([C]#N)([C]#N)[C]#N.O.[Fe+3].[NH4+]. The van der Waals surface area contributed by atoms with Crippen LogP contribution < -0.4 is 6.15 Å². The summed E-state index contributed by atoms with van der Waals surface area (Å²) in [6, 6.07) is 0. The van der Waals surface area contributed by atoms with Gasteiger partial charge in [-0.2, -0.15) is 0 Å². The van der Waals surface area contributed by atoms with E-state index >= 15 is 0 Å². The fourth-order valence-electron chi connectivity index (χ4n) is 0.265. The van der Waals surface area contributed by atoms with Crippen LogP contribution in [0, 0.1) is 61.4 Å². The van der Waals surface area contributed by atoms with Crippen molar-refractivity contribution in [2.75, 3.05) is 0 Å². The summed E-state index contributed by atoms with van der Waals surface area (Å²) in [5.74, 6) is 0. The Balaban J connectivity index is -0.000000240. The molecule has 0 spiro atoms. The second-order valence-electron chi connectivity index (χ2n) is 1.80. The van der Waals surface area contributed by atoms with Crippen molar-refractivity contribution in [3.05, 3.63) is 0 Å². The number of rotatable bonds is 0. The Morgan fingerprint density at radius 3 is 0.688 bits per heavy atom. The molecule has 0 aromatic carbocycles. The fraction of sp³-hybridized carbons (Fsp3) is 0. The molecule has 6 N–H and O–H groups in total. The van der Waals surface area contributed by atoms with Crippen LogP contribution in [0.2, 0.25) is 0 Å². The van der Waals surface area contributed by atoms with Gasteiger partial charge in [0.1, 0.15) is 0 Å². The summed E-state index contributed by atoms with van der Waals surface area (Å²) in [7, 11) is -6.17. The molecule has 0 saturated heterocycles. The second kappa shape index (κ2) is 5.11. The predicted octanol–water partition coefficient (Wildman–Crippen LogP) is -0.353. The van der Waals surface area contributed by atoms with Crippen LogP contribution in [-0.4, -0.2) is 5.48 Å². The summed E-state index contributed by atoms with van der Waals surface area (Å²) >= 11 is 0. The van der Waals surface area contributed by atoms with Gasteiger partial charge in [0.2, 0.25) is 0 Å². The molecule has 0 fully saturated rings. The molecule has 0 aliphatic carbocycles. The van der Waals surface area contributed by atoms with Crippen LogP contribution in [0.15, 0.2) is 0 Å². The van der Waals surface area contributed by atoms with Crippen molar-refractivity contribution >= 4 is 0 Å². The Morgan fingerprint density at radius 1 is 0.562 bits per heavy atom. The molecule has 0 bridgehead atoms. The van der Waals surface area contributed by atoms with Crippen molar-refractivity contribution in [1.29, 1.82) is 31.6 Å². The minimum Gasteiger partial charge on any atom is -0.412 e. The van der Waals surface area contributed by atoms with Gasteiger partial charge in [-0.15, -0.1) is 0 Å². The zero-order valence-corrected chi connectivity index (χ0v) is 10.1. The molecule has 0 saturated carbocycles. The van der Waals surface area contributed by atoms with Crippen LogP contribution in [0.1, 0.15) is 0 Å². The van der Waals surface area contributed by atoms with Crippen LogP contribution in [0.25, 0.3) is 0 Å². The first-order valence-electron chi connectivity index (χ1n) is 2.40. The van der Waals surface area contributed by atoms with Gasteiger partial charge >= 0.3 is 89.2 Å². The van der Waals surface area contributed by atoms with E-state index < -0.39 is 10.7 Å². The molecule has 0 aromatic rings. The molecule has 0 amide bonds. The third-order valence-corrected chi connectivity index (χ3v) is 4.89. The first-order valence-corrected chi connectivity index (χ1v) is 5.71. The summed E-state index contributed by atoms with van der Waals surface area (Å²) in [6.07, 6.45) is 0. The average molecular weight is 304 g/mol. The van der Waals surface area contributed by atoms with E-state index in [9.17, 15) is 0 Å². The van der Waals surface area contributed by atoms with Crippen molar-refractivity contribution in [2.24, 2.45) is 0 Å². The maximum Gasteiger partial charge on any atom is 3.00 e. The Morgan fingerprint density at radius 2 is 0.688 bits per heavy atom. The molecular weight excluding hydrogens is 298 g/mol. The van der Waals surface area contributed by atoms with E-state index in [1.54, 1.807) is 0 Å². The Labute approximate surface area is 101 Å². The van der Waals surface area contributed by atoms with E-state index in [0.717, 1.165) is 29.8 Å². The van der Waals surface area contributed by atoms with Crippen LogP contribution in [0.5, 0.6) is 0 Å². The molecular formula is C6H6Fe2N7O. The topological polar surface area (TPSA) is 211 Å². The van der Waals surface area contributed by atoms with Gasteiger partial charge in [0.05, 0.1) is 0 Å². The minimum atomic E-state index is -6.17. The Bertz CT molecular complexity index is 397. The van der Waals surface area contributed by atoms with Crippen molar-refractivity contribution in [1.82, 2.24) is 6.15 Å². The smallest absolute Gasteiger partial charge is 0.412 e. The van der Waals surface area contributed by atoms with Crippen molar-refractivity contribution in [3.63, 3.8) is 0 Å². The van der Waals surface area contributed by atoms with Crippen LogP contribution >= 0.6 is 0 Å². The summed E-state index contributed by atoms with van der Waals surface area (Å²) in [6.45, 7) is 0. The predicted molar refractivity (Wildman–Crippen MR) is 43.3 cm³/mol. The molecule has 0 aliphatic heterocycles. The molecule has 8 nitrogen and oxygen atoms in total. The van der Waals surface area contributed by atoms with E-state index in [0.29, 0.717) is 0 Å². The van der Waals surface area contributed by atoms with E-state index in [1.165, 1.54) is 0 Å². The third-order valence-electron chi connectivity index (χ3n) is 1.19. The van der Waals surface area contributed by atoms with Gasteiger partial charge in [-0.3, -0.25) is 0 Å². The zero-order chi connectivity index (χ0) is 10.7. The first kappa shape index (κ1) is 23.6. The average Bonchev–Trinajstić information content (AvgIpc) is 2.26. The van der Waals surface area contributed by atoms with Gasteiger partial charge in [0.25, 0.3) is 0 Å². The molecule has 1 radical (unpaired) electrons. The quantitative estimate of drug-likeness (QED) is 0.589. The number of hydrogen-bond donors (Lipinski definition) is 1. The maximum absolute atomic E-state index is 8.58. The molecule has 87 valence electrons. The van der Waals surface area contributed by atoms with Gasteiger partial charge < -0.3 is 11.6 Å². The van der Waals surface area contributed by atoms with Crippen molar-refractivity contribution in [2.45, 2.75) is 0 Å². The van der Waals surface area contributed by atoms with Gasteiger partial charge in [0.15, 0.2) is 0 Å². The standard InChI is InChI=1S/6CN.2Fe.H3N.H2O/c6*1-2;;;;/h;;;;;;;;1H3;1H2/q;;;;;;-4;+3;;/p+1. The summed E-state index contributed by atoms with van der Waals surface area (Å²) in [5.41, 5.74) is 0. The number of quaternary nitrogens is 1. The van der Waals surface area contributed by atoms with Gasteiger partial charge in [0, 0.05) is 0 Å². The molecule has 0 atom stereocenters. The number of hydrogen-bond acceptors (Lipinski definition) is 6. The molecule has 0 unspecified atom stereocenters. The Hall–Kier alpha value is -2.10. The Kier molecular flexibility index (Phi) is 7.54. The van der Waals surface area contributed by atoms with E-state index in [2.05, 4.69) is 0 Å². The van der Waals surface area contributed by atoms with Crippen LogP contribution in [0.4, 0.5) is 0 Å². The molecule has 0 aliphatic rings.